The van der Waals surface area contributed by atoms with Gasteiger partial charge in [0.2, 0.25) is 0 Å². The van der Waals surface area contributed by atoms with Gasteiger partial charge in [0.1, 0.15) is 17.6 Å². The SMILES string of the molecule is N#Cc1cnc2c(Cl)cc(NC(c3ccccc3)c3cn(C4CCN(C(=O)O)CC4)nn3)cc2c1Nc1ccc(F)c(Cl)c1. The van der Waals surface area contributed by atoms with Gasteiger partial charge >= 0.3 is 6.09 Å². The van der Waals surface area contributed by atoms with Gasteiger partial charge in [-0.05, 0) is 48.7 Å². The van der Waals surface area contributed by atoms with Crippen LogP contribution < -0.4 is 10.6 Å². The number of carbonyl (C=O) groups is 1. The van der Waals surface area contributed by atoms with Gasteiger partial charge in [-0.3, -0.25) is 4.98 Å². The number of fused-ring (bicyclic) bond motifs is 1. The van der Waals surface area contributed by atoms with Crippen LogP contribution >= 0.6 is 23.2 Å². The summed E-state index contributed by atoms with van der Waals surface area (Å²) in [6.45, 7) is 0.870. The standard InChI is InChI=1S/C31H25Cl2FN8O2/c32-24-13-20(6-7-26(24)34)37-28-19(15-35)16-36-30-23(28)12-21(14-25(30)33)38-29(18-4-2-1-3-5-18)27-17-42(40-39-27)22-8-10-41(11-9-22)31(43)44/h1-7,12-14,16-17,22,29,38H,8-11H2,(H,36,37)(H,43,44). The van der Waals surface area contributed by atoms with Crippen molar-refractivity contribution >= 4 is 57.3 Å². The number of rotatable bonds is 7. The Kier molecular flexibility index (Phi) is 8.19. The van der Waals surface area contributed by atoms with Crippen LogP contribution in [0.25, 0.3) is 10.9 Å². The quantitative estimate of drug-likeness (QED) is 0.169. The molecule has 1 aliphatic rings. The van der Waals surface area contributed by atoms with E-state index in [1.54, 1.807) is 10.7 Å². The van der Waals surface area contributed by atoms with Crippen LogP contribution in [0.2, 0.25) is 10.0 Å². The Hall–Kier alpha value is -4.92. The van der Waals surface area contributed by atoms with Gasteiger partial charge in [0.25, 0.3) is 0 Å². The molecular formula is C31H25Cl2FN8O2. The summed E-state index contributed by atoms with van der Waals surface area (Å²) in [5.41, 5.74) is 3.90. The number of carboxylic acid groups (broad SMARTS) is 1. The summed E-state index contributed by atoms with van der Waals surface area (Å²) in [6, 6.07) is 19.3. The minimum absolute atomic E-state index is 0.0301. The lowest BCUT2D eigenvalue weighted by molar-refractivity contribution is 0.123. The number of piperidine rings is 1. The molecule has 1 unspecified atom stereocenters. The Morgan fingerprint density at radius 2 is 1.82 bits per heavy atom. The molecule has 1 aliphatic heterocycles. The van der Waals surface area contributed by atoms with Gasteiger partial charge in [-0.1, -0.05) is 58.7 Å². The maximum absolute atomic E-state index is 13.8. The third kappa shape index (κ3) is 5.95. The summed E-state index contributed by atoms with van der Waals surface area (Å²) in [5, 5.41) is 35.7. The van der Waals surface area contributed by atoms with E-state index in [2.05, 4.69) is 32.0 Å². The molecule has 1 atom stereocenters. The second-order valence-corrected chi connectivity index (χ2v) is 11.2. The van der Waals surface area contributed by atoms with Crippen LogP contribution in [0.15, 0.2) is 73.1 Å². The number of nitriles is 1. The van der Waals surface area contributed by atoms with Crippen molar-refractivity contribution in [3.8, 4) is 6.07 Å². The second kappa shape index (κ2) is 12.4. The molecule has 0 saturated carbocycles. The van der Waals surface area contributed by atoms with Crippen molar-refractivity contribution in [1.82, 2.24) is 24.9 Å². The Bertz CT molecular complexity index is 1890. The average molecular weight is 631 g/mol. The topological polar surface area (TPSA) is 132 Å². The summed E-state index contributed by atoms with van der Waals surface area (Å²) >= 11 is 12.7. The Labute approximate surface area is 261 Å². The first-order chi connectivity index (χ1) is 21.3. The van der Waals surface area contributed by atoms with Crippen molar-refractivity contribution in [2.24, 2.45) is 0 Å². The highest BCUT2D eigenvalue weighted by molar-refractivity contribution is 6.36. The highest BCUT2D eigenvalue weighted by Gasteiger charge is 2.26. The molecule has 6 rings (SSSR count). The first-order valence-corrected chi connectivity index (χ1v) is 14.5. The van der Waals surface area contributed by atoms with E-state index in [1.807, 2.05) is 42.6 Å². The molecule has 13 heteroatoms. The predicted octanol–water partition coefficient (Wildman–Crippen LogP) is 7.40. The number of benzene rings is 3. The highest BCUT2D eigenvalue weighted by Crippen LogP contribution is 2.37. The van der Waals surface area contributed by atoms with Crippen LogP contribution in [0.3, 0.4) is 0 Å². The van der Waals surface area contributed by atoms with E-state index in [-0.39, 0.29) is 16.6 Å². The minimum Gasteiger partial charge on any atom is -0.465 e. The maximum atomic E-state index is 13.8. The van der Waals surface area contributed by atoms with E-state index in [0.29, 0.717) is 64.6 Å². The van der Waals surface area contributed by atoms with Gasteiger partial charge in [-0.25, -0.2) is 13.9 Å². The number of halogens is 3. The molecule has 2 aromatic heterocycles. The molecule has 0 aliphatic carbocycles. The fraction of sp³-hybridized carbons (Fsp3) is 0.194. The van der Waals surface area contributed by atoms with E-state index in [4.69, 9.17) is 23.2 Å². The number of aromatic nitrogens is 4. The van der Waals surface area contributed by atoms with E-state index in [1.165, 1.54) is 29.3 Å². The third-order valence-electron chi connectivity index (χ3n) is 7.61. The molecule has 222 valence electrons. The van der Waals surface area contributed by atoms with E-state index >= 15 is 0 Å². The van der Waals surface area contributed by atoms with Gasteiger partial charge in [-0.15, -0.1) is 5.10 Å². The largest absolute Gasteiger partial charge is 0.465 e. The molecule has 3 aromatic carbocycles. The van der Waals surface area contributed by atoms with Gasteiger partial charge in [0.05, 0.1) is 45.1 Å². The summed E-state index contributed by atoms with van der Waals surface area (Å²) < 4.78 is 15.6. The van der Waals surface area contributed by atoms with Crippen molar-refractivity contribution in [3.63, 3.8) is 0 Å². The number of hydrogen-bond acceptors (Lipinski definition) is 7. The number of pyridine rings is 1. The number of amides is 1. The molecule has 44 heavy (non-hydrogen) atoms. The lowest BCUT2D eigenvalue weighted by Crippen LogP contribution is -2.38. The van der Waals surface area contributed by atoms with Crippen molar-refractivity contribution in [2.45, 2.75) is 24.9 Å². The molecule has 0 spiro atoms. The fourth-order valence-electron chi connectivity index (χ4n) is 5.34. The van der Waals surface area contributed by atoms with Gasteiger partial charge in [-0.2, -0.15) is 5.26 Å². The van der Waals surface area contributed by atoms with Crippen molar-refractivity contribution < 1.29 is 14.3 Å². The zero-order chi connectivity index (χ0) is 30.8. The van der Waals surface area contributed by atoms with Gasteiger partial charge in [0, 0.05) is 36.0 Å². The Morgan fingerprint density at radius 3 is 2.52 bits per heavy atom. The van der Waals surface area contributed by atoms with Crippen LogP contribution in [-0.2, 0) is 0 Å². The summed E-state index contributed by atoms with van der Waals surface area (Å²) in [7, 11) is 0. The third-order valence-corrected chi connectivity index (χ3v) is 8.19. The first-order valence-electron chi connectivity index (χ1n) is 13.8. The first kappa shape index (κ1) is 29.2. The minimum atomic E-state index is -0.915. The van der Waals surface area contributed by atoms with E-state index in [0.717, 1.165) is 5.56 Å². The van der Waals surface area contributed by atoms with Crippen molar-refractivity contribution in [1.29, 1.82) is 5.26 Å². The van der Waals surface area contributed by atoms with Crippen LogP contribution in [-0.4, -0.2) is 49.2 Å². The molecule has 3 N–H and O–H groups in total. The number of nitrogens with zero attached hydrogens (tertiary/aromatic N) is 6. The smallest absolute Gasteiger partial charge is 0.407 e. The molecule has 3 heterocycles. The predicted molar refractivity (Wildman–Crippen MR) is 166 cm³/mol. The number of anilines is 3. The van der Waals surface area contributed by atoms with Crippen molar-refractivity contribution in [3.05, 3.63) is 106 Å². The monoisotopic (exact) mass is 630 g/mol. The van der Waals surface area contributed by atoms with Crippen molar-refractivity contribution in [2.75, 3.05) is 23.7 Å². The molecule has 1 amide bonds. The summed E-state index contributed by atoms with van der Waals surface area (Å²) in [6.07, 6.45) is 3.68. The number of likely N-dealkylation sites (tertiary alicyclic amines) is 1. The molecule has 5 aromatic rings. The normalized spacial score (nSPS) is 14.3. The number of nitrogens with one attached hydrogen (secondary N) is 2. The Balaban J connectivity index is 1.36. The van der Waals surface area contributed by atoms with Gasteiger partial charge < -0.3 is 20.6 Å². The molecule has 1 saturated heterocycles. The summed E-state index contributed by atoms with van der Waals surface area (Å²) in [4.78, 5) is 17.2. The summed E-state index contributed by atoms with van der Waals surface area (Å²) in [5.74, 6) is -0.554. The molecule has 1 fully saturated rings. The molecule has 0 radical (unpaired) electrons. The highest BCUT2D eigenvalue weighted by atomic mass is 35.5. The second-order valence-electron chi connectivity index (χ2n) is 10.4. The molecule has 0 bridgehead atoms. The van der Waals surface area contributed by atoms with E-state index in [9.17, 15) is 19.6 Å². The van der Waals surface area contributed by atoms with Crippen LogP contribution in [0.1, 0.15) is 41.7 Å². The fourth-order valence-corrected chi connectivity index (χ4v) is 5.79. The van der Waals surface area contributed by atoms with E-state index < -0.39 is 18.0 Å². The lowest BCUT2D eigenvalue weighted by Gasteiger charge is -2.29. The van der Waals surface area contributed by atoms with Crippen LogP contribution in [0.4, 0.5) is 26.2 Å². The van der Waals surface area contributed by atoms with Crippen LogP contribution in [0.5, 0.6) is 0 Å². The average Bonchev–Trinajstić information content (AvgIpc) is 3.52. The van der Waals surface area contributed by atoms with Gasteiger partial charge in [0.15, 0.2) is 0 Å². The molecule has 10 nitrogen and oxygen atoms in total. The zero-order valence-corrected chi connectivity index (χ0v) is 24.6. The van der Waals surface area contributed by atoms with Crippen LogP contribution in [0, 0.1) is 17.1 Å². The Morgan fingerprint density at radius 1 is 1.07 bits per heavy atom. The number of hydrogen-bond donors (Lipinski definition) is 3. The molecular weight excluding hydrogens is 606 g/mol. The maximum Gasteiger partial charge on any atom is 0.407 e. The lowest BCUT2D eigenvalue weighted by atomic mass is 10.0. The zero-order valence-electron chi connectivity index (χ0n) is 23.1.